The molecule has 0 aromatic rings. The highest BCUT2D eigenvalue weighted by Crippen LogP contribution is 2.42. The van der Waals surface area contributed by atoms with Gasteiger partial charge in [-0.25, -0.2) is 0 Å². The quantitative estimate of drug-likeness (QED) is 0.458. The Morgan fingerprint density at radius 2 is 1.71 bits per heavy atom. The molecule has 0 aromatic carbocycles. The molecule has 0 aromatic heterocycles. The van der Waals surface area contributed by atoms with Gasteiger partial charge in [-0.05, 0) is 56.4 Å². The number of hydrogen-bond donors (Lipinski definition) is 0. The third kappa shape index (κ3) is 9.56. The first-order chi connectivity index (χ1) is 13.4. The first-order valence-electron chi connectivity index (χ1n) is 11.9. The lowest BCUT2D eigenvalue weighted by Gasteiger charge is -2.36. The van der Waals surface area contributed by atoms with Crippen LogP contribution >= 0.6 is 0 Å². The second kappa shape index (κ2) is 13.2. The lowest BCUT2D eigenvalue weighted by atomic mass is 9.79. The molecule has 0 N–H and O–H groups in total. The van der Waals surface area contributed by atoms with Gasteiger partial charge in [-0.1, -0.05) is 41.5 Å². The van der Waals surface area contributed by atoms with E-state index in [-0.39, 0.29) is 11.9 Å². The number of nitrogens with zero attached hydrogens (tertiary/aromatic N) is 1. The van der Waals surface area contributed by atoms with Crippen LogP contribution in [-0.4, -0.2) is 56.7 Å². The van der Waals surface area contributed by atoms with Crippen molar-refractivity contribution in [2.45, 2.75) is 105 Å². The predicted molar refractivity (Wildman–Crippen MR) is 119 cm³/mol. The van der Waals surface area contributed by atoms with E-state index in [4.69, 9.17) is 14.2 Å². The van der Waals surface area contributed by atoms with E-state index >= 15 is 0 Å². The average molecular weight is 400 g/mol. The number of hydrogen-bond acceptors (Lipinski definition) is 4. The molecule has 28 heavy (non-hydrogen) atoms. The van der Waals surface area contributed by atoms with Gasteiger partial charge in [0, 0.05) is 33.0 Å². The molecule has 0 radical (unpaired) electrons. The molecule has 1 heterocycles. The average Bonchev–Trinajstić information content (AvgIpc) is 3.07. The van der Waals surface area contributed by atoms with Crippen molar-refractivity contribution < 1.29 is 14.2 Å². The van der Waals surface area contributed by atoms with Crippen molar-refractivity contribution in [1.29, 1.82) is 0 Å². The smallest absolute Gasteiger partial charge is 0.168 e. The van der Waals surface area contributed by atoms with Crippen molar-refractivity contribution in [3.63, 3.8) is 0 Å². The van der Waals surface area contributed by atoms with Crippen molar-refractivity contribution in [3.8, 4) is 0 Å². The van der Waals surface area contributed by atoms with Gasteiger partial charge in [0.15, 0.2) is 5.79 Å². The zero-order chi connectivity index (χ0) is 21.0. The molecular formula is C24H49NO3. The monoisotopic (exact) mass is 399 g/mol. The third-order valence-electron chi connectivity index (χ3n) is 6.00. The van der Waals surface area contributed by atoms with Gasteiger partial charge >= 0.3 is 0 Å². The third-order valence-corrected chi connectivity index (χ3v) is 6.00. The molecule has 2 rings (SSSR count). The normalized spacial score (nSPS) is 27.9. The van der Waals surface area contributed by atoms with E-state index in [1.165, 1.54) is 32.1 Å². The summed E-state index contributed by atoms with van der Waals surface area (Å²) in [5.41, 5.74) is 0.452. The molecule has 0 bridgehead atoms. The molecule has 2 fully saturated rings. The summed E-state index contributed by atoms with van der Waals surface area (Å²) in [4.78, 5) is 2.49. The first kappa shape index (κ1) is 25.9. The zero-order valence-electron chi connectivity index (χ0n) is 20.0. The maximum Gasteiger partial charge on any atom is 0.168 e. The summed E-state index contributed by atoms with van der Waals surface area (Å²) < 4.78 is 17.9. The molecule has 2 aliphatic rings. The van der Waals surface area contributed by atoms with Gasteiger partial charge < -0.3 is 19.1 Å². The van der Waals surface area contributed by atoms with Crippen LogP contribution < -0.4 is 0 Å². The fourth-order valence-electron chi connectivity index (χ4n) is 4.26. The Hall–Kier alpha value is -0.160. The van der Waals surface area contributed by atoms with Crippen LogP contribution in [-0.2, 0) is 14.2 Å². The fraction of sp³-hybridized carbons (Fsp3) is 1.00. The Bertz CT molecular complexity index is 386. The van der Waals surface area contributed by atoms with E-state index in [1.54, 1.807) is 7.11 Å². The zero-order valence-corrected chi connectivity index (χ0v) is 20.0. The Morgan fingerprint density at radius 3 is 2.29 bits per heavy atom. The fourth-order valence-corrected chi connectivity index (χ4v) is 4.26. The van der Waals surface area contributed by atoms with Crippen LogP contribution in [0.2, 0.25) is 0 Å². The SMILES string of the molecule is CC.CCCN(CCOC)CCC1COC2(CCC(CCC(C)(C)C)CC2)O1. The summed E-state index contributed by atoms with van der Waals surface area (Å²) in [5, 5.41) is 0. The molecule has 1 unspecified atom stereocenters. The van der Waals surface area contributed by atoms with Crippen LogP contribution in [0.15, 0.2) is 0 Å². The lowest BCUT2D eigenvalue weighted by Crippen LogP contribution is -2.36. The maximum absolute atomic E-state index is 6.44. The largest absolute Gasteiger partial charge is 0.383 e. The second-order valence-electron chi connectivity index (χ2n) is 9.63. The highest BCUT2D eigenvalue weighted by molar-refractivity contribution is 4.86. The number of methoxy groups -OCH3 is 1. The van der Waals surface area contributed by atoms with Crippen molar-refractivity contribution in [3.05, 3.63) is 0 Å². The minimum absolute atomic E-state index is 0.259. The molecule has 168 valence electrons. The summed E-state index contributed by atoms with van der Waals surface area (Å²) in [7, 11) is 1.78. The van der Waals surface area contributed by atoms with E-state index in [2.05, 4.69) is 32.6 Å². The predicted octanol–water partition coefficient (Wildman–Crippen LogP) is 5.89. The molecule has 4 nitrogen and oxygen atoms in total. The Labute approximate surface area is 175 Å². The molecule has 0 amide bonds. The molecule has 4 heteroatoms. The van der Waals surface area contributed by atoms with Crippen LogP contribution in [0.1, 0.15) is 92.9 Å². The standard InChI is InChI=1S/C22H43NO3.C2H6/c1-6-14-23(16-17-24-5)15-10-20-18-25-22(26-20)12-8-19(9-13-22)7-11-21(2,3)4;1-2/h19-20H,6-18H2,1-5H3;1-2H3. The van der Waals surface area contributed by atoms with Crippen LogP contribution in [0.25, 0.3) is 0 Å². The van der Waals surface area contributed by atoms with Gasteiger partial charge in [0.05, 0.1) is 19.3 Å². The maximum atomic E-state index is 6.44. The molecular weight excluding hydrogens is 350 g/mol. The highest BCUT2D eigenvalue weighted by atomic mass is 16.7. The van der Waals surface area contributed by atoms with Crippen molar-refractivity contribution in [1.82, 2.24) is 4.90 Å². The Morgan fingerprint density at radius 1 is 1.04 bits per heavy atom. The van der Waals surface area contributed by atoms with Gasteiger partial charge in [-0.3, -0.25) is 0 Å². The minimum atomic E-state index is -0.259. The summed E-state index contributed by atoms with van der Waals surface area (Å²) in [6, 6.07) is 0. The molecule has 1 spiro atoms. The molecule has 1 atom stereocenters. The van der Waals surface area contributed by atoms with E-state index in [1.807, 2.05) is 13.8 Å². The minimum Gasteiger partial charge on any atom is -0.383 e. The van der Waals surface area contributed by atoms with Crippen LogP contribution in [0.5, 0.6) is 0 Å². The highest BCUT2D eigenvalue weighted by Gasteiger charge is 2.44. The van der Waals surface area contributed by atoms with E-state index in [0.717, 1.165) is 58.0 Å². The van der Waals surface area contributed by atoms with Gasteiger partial charge in [-0.15, -0.1) is 0 Å². The topological polar surface area (TPSA) is 30.9 Å². The van der Waals surface area contributed by atoms with E-state index in [0.29, 0.717) is 5.41 Å². The van der Waals surface area contributed by atoms with Crippen molar-refractivity contribution in [2.24, 2.45) is 11.3 Å². The molecule has 1 aliphatic carbocycles. The van der Waals surface area contributed by atoms with Crippen molar-refractivity contribution >= 4 is 0 Å². The van der Waals surface area contributed by atoms with Crippen molar-refractivity contribution in [2.75, 3.05) is 40.0 Å². The van der Waals surface area contributed by atoms with E-state index in [9.17, 15) is 0 Å². The summed E-state index contributed by atoms with van der Waals surface area (Å²) in [6.45, 7) is 18.1. The first-order valence-corrected chi connectivity index (χ1v) is 11.9. The van der Waals surface area contributed by atoms with Gasteiger partial charge in [0.1, 0.15) is 0 Å². The van der Waals surface area contributed by atoms with Gasteiger partial charge in [-0.2, -0.15) is 0 Å². The molecule has 1 aliphatic heterocycles. The van der Waals surface area contributed by atoms with Gasteiger partial charge in [0.2, 0.25) is 0 Å². The number of ether oxygens (including phenoxy) is 3. The van der Waals surface area contributed by atoms with Crippen LogP contribution in [0, 0.1) is 11.3 Å². The summed E-state index contributed by atoms with van der Waals surface area (Å²) in [5.74, 6) is 0.602. The lowest BCUT2D eigenvalue weighted by molar-refractivity contribution is -0.193. The summed E-state index contributed by atoms with van der Waals surface area (Å²) >= 11 is 0. The Kier molecular flexibility index (Phi) is 12.2. The van der Waals surface area contributed by atoms with Crippen LogP contribution in [0.4, 0.5) is 0 Å². The summed E-state index contributed by atoms with van der Waals surface area (Å²) in [6.07, 6.45) is 9.89. The second-order valence-corrected chi connectivity index (χ2v) is 9.63. The Balaban J connectivity index is 0.00000190. The van der Waals surface area contributed by atoms with E-state index < -0.39 is 0 Å². The molecule has 1 saturated heterocycles. The number of rotatable bonds is 10. The molecule has 1 saturated carbocycles. The van der Waals surface area contributed by atoms with Gasteiger partial charge in [0.25, 0.3) is 0 Å². The van der Waals surface area contributed by atoms with Crippen LogP contribution in [0.3, 0.4) is 0 Å².